The molecule has 0 bridgehead atoms. The molecule has 2 N–H and O–H groups in total. The lowest BCUT2D eigenvalue weighted by molar-refractivity contribution is -0.113. The van der Waals surface area contributed by atoms with E-state index in [4.69, 9.17) is 20.8 Å². The summed E-state index contributed by atoms with van der Waals surface area (Å²) in [4.78, 5) is 24.6. The van der Waals surface area contributed by atoms with Crippen molar-refractivity contribution in [2.24, 2.45) is 0 Å². The normalized spacial score (nSPS) is 12.1. The first kappa shape index (κ1) is 24.6. The van der Waals surface area contributed by atoms with E-state index in [0.29, 0.717) is 17.1 Å². The molecule has 0 aliphatic heterocycles. The van der Waals surface area contributed by atoms with E-state index < -0.39 is 17.7 Å². The van der Waals surface area contributed by atoms with Crippen LogP contribution >= 0.6 is 23.4 Å². The fourth-order valence-electron chi connectivity index (χ4n) is 2.81. The SMILES string of the molecule is CC(C)(C)OC(=O)N[C@@H](Cc1ccccc1)c1nnc(SCC(=O)Nc2cccc(Cl)c2)o1. The van der Waals surface area contributed by atoms with Gasteiger partial charge in [0.25, 0.3) is 5.22 Å². The number of hydrogen-bond acceptors (Lipinski definition) is 7. The van der Waals surface area contributed by atoms with Crippen molar-refractivity contribution >= 4 is 41.1 Å². The smallest absolute Gasteiger partial charge is 0.408 e. The van der Waals surface area contributed by atoms with Gasteiger partial charge in [-0.1, -0.05) is 59.8 Å². The van der Waals surface area contributed by atoms with Crippen LogP contribution in [0.4, 0.5) is 10.5 Å². The average molecular weight is 489 g/mol. The zero-order valence-corrected chi connectivity index (χ0v) is 20.1. The Hall–Kier alpha value is -3.04. The summed E-state index contributed by atoms with van der Waals surface area (Å²) in [5, 5.41) is 14.4. The van der Waals surface area contributed by atoms with E-state index in [9.17, 15) is 9.59 Å². The Labute approximate surface area is 201 Å². The first-order valence-electron chi connectivity index (χ1n) is 10.2. The number of carbonyl (C=O) groups excluding carboxylic acids is 2. The topological polar surface area (TPSA) is 106 Å². The standard InChI is InChI=1S/C23H25ClN4O4S/c1-23(2,3)32-21(30)26-18(12-15-8-5-4-6-9-15)20-27-28-22(31-20)33-14-19(29)25-17-11-7-10-16(24)13-17/h4-11,13,18H,12,14H2,1-3H3,(H,25,29)(H,26,30)/t18-/m0/s1. The summed E-state index contributed by atoms with van der Waals surface area (Å²) < 4.78 is 11.1. The van der Waals surface area contributed by atoms with Crippen molar-refractivity contribution in [3.05, 3.63) is 71.1 Å². The maximum atomic E-state index is 12.4. The maximum absolute atomic E-state index is 12.4. The number of ether oxygens (including phenoxy) is 1. The lowest BCUT2D eigenvalue weighted by Crippen LogP contribution is -2.36. The van der Waals surface area contributed by atoms with E-state index in [1.165, 1.54) is 0 Å². The van der Waals surface area contributed by atoms with Crippen LogP contribution in [0, 0.1) is 0 Å². The molecule has 2 amide bonds. The van der Waals surface area contributed by atoms with Crippen molar-refractivity contribution in [2.45, 2.75) is 44.1 Å². The highest BCUT2D eigenvalue weighted by Crippen LogP contribution is 2.23. The molecule has 1 heterocycles. The second kappa shape index (κ2) is 11.2. The Kier molecular flexibility index (Phi) is 8.35. The van der Waals surface area contributed by atoms with Gasteiger partial charge < -0.3 is 19.8 Å². The highest BCUT2D eigenvalue weighted by atomic mass is 35.5. The molecule has 0 spiro atoms. The summed E-state index contributed by atoms with van der Waals surface area (Å²) in [7, 11) is 0. The predicted molar refractivity (Wildman–Crippen MR) is 127 cm³/mol. The summed E-state index contributed by atoms with van der Waals surface area (Å²) in [5.41, 5.74) is 0.934. The molecule has 1 atom stereocenters. The summed E-state index contributed by atoms with van der Waals surface area (Å²) in [6.07, 6.45) is -0.154. The monoisotopic (exact) mass is 488 g/mol. The number of nitrogens with one attached hydrogen (secondary N) is 2. The van der Waals surface area contributed by atoms with Gasteiger partial charge in [0.05, 0.1) is 5.75 Å². The van der Waals surface area contributed by atoms with Crippen LogP contribution in [-0.4, -0.2) is 33.6 Å². The number of nitrogens with zero attached hydrogens (tertiary/aromatic N) is 2. The van der Waals surface area contributed by atoms with Crippen molar-refractivity contribution in [3.63, 3.8) is 0 Å². The summed E-state index contributed by atoms with van der Waals surface area (Å²) >= 11 is 7.03. The van der Waals surface area contributed by atoms with Crippen LogP contribution in [0.5, 0.6) is 0 Å². The van der Waals surface area contributed by atoms with E-state index >= 15 is 0 Å². The first-order valence-corrected chi connectivity index (χ1v) is 11.6. The van der Waals surface area contributed by atoms with Crippen molar-refractivity contribution < 1.29 is 18.7 Å². The van der Waals surface area contributed by atoms with E-state index in [-0.39, 0.29) is 22.8 Å². The van der Waals surface area contributed by atoms with Crippen LogP contribution < -0.4 is 10.6 Å². The lowest BCUT2D eigenvalue weighted by atomic mass is 10.1. The first-order chi connectivity index (χ1) is 15.7. The van der Waals surface area contributed by atoms with Gasteiger partial charge in [0.2, 0.25) is 11.8 Å². The van der Waals surface area contributed by atoms with Crippen LogP contribution in [0.25, 0.3) is 0 Å². The Morgan fingerprint density at radius 1 is 1.12 bits per heavy atom. The minimum absolute atomic E-state index is 0.0665. The highest BCUT2D eigenvalue weighted by molar-refractivity contribution is 7.99. The molecule has 2 aromatic carbocycles. The van der Waals surface area contributed by atoms with Crippen LogP contribution in [-0.2, 0) is 16.0 Å². The van der Waals surface area contributed by atoms with Crippen molar-refractivity contribution in [2.75, 3.05) is 11.1 Å². The molecule has 0 radical (unpaired) electrons. The number of carbonyl (C=O) groups is 2. The number of thioether (sulfide) groups is 1. The van der Waals surface area contributed by atoms with E-state index in [1.54, 1.807) is 45.0 Å². The molecule has 174 valence electrons. The molecule has 0 fully saturated rings. The molecule has 0 aliphatic carbocycles. The van der Waals surface area contributed by atoms with Crippen LogP contribution in [0.3, 0.4) is 0 Å². The van der Waals surface area contributed by atoms with Crippen LogP contribution in [0.2, 0.25) is 5.02 Å². The van der Waals surface area contributed by atoms with E-state index in [2.05, 4.69) is 20.8 Å². The van der Waals surface area contributed by atoms with Gasteiger partial charge in [-0.25, -0.2) is 4.79 Å². The summed E-state index contributed by atoms with van der Waals surface area (Å²) in [6, 6.07) is 15.9. The second-order valence-corrected chi connectivity index (χ2v) is 9.50. The summed E-state index contributed by atoms with van der Waals surface area (Å²) in [5.74, 6) is 0.0500. The maximum Gasteiger partial charge on any atom is 0.408 e. The number of anilines is 1. The Bertz CT molecular complexity index is 1090. The zero-order valence-electron chi connectivity index (χ0n) is 18.5. The Morgan fingerprint density at radius 3 is 2.58 bits per heavy atom. The zero-order chi connectivity index (χ0) is 23.8. The van der Waals surface area contributed by atoms with Gasteiger partial charge in [-0.05, 0) is 44.5 Å². The lowest BCUT2D eigenvalue weighted by Gasteiger charge is -2.22. The minimum atomic E-state index is -0.645. The minimum Gasteiger partial charge on any atom is -0.444 e. The number of amides is 2. The van der Waals surface area contributed by atoms with Gasteiger partial charge >= 0.3 is 6.09 Å². The molecule has 3 aromatic rings. The Morgan fingerprint density at radius 2 is 1.88 bits per heavy atom. The molecule has 3 rings (SSSR count). The Balaban J connectivity index is 1.64. The van der Waals surface area contributed by atoms with Crippen molar-refractivity contribution in [3.8, 4) is 0 Å². The second-order valence-electron chi connectivity index (χ2n) is 8.14. The third kappa shape index (κ3) is 8.43. The van der Waals surface area contributed by atoms with Gasteiger partial charge in [0, 0.05) is 17.1 Å². The predicted octanol–water partition coefficient (Wildman–Crippen LogP) is 5.26. The van der Waals surface area contributed by atoms with Gasteiger partial charge in [0.15, 0.2) is 0 Å². The number of alkyl carbamates (subject to hydrolysis) is 1. The fourth-order valence-corrected chi connectivity index (χ4v) is 3.57. The molecule has 1 aromatic heterocycles. The van der Waals surface area contributed by atoms with Gasteiger partial charge in [-0.2, -0.15) is 0 Å². The average Bonchev–Trinajstić information content (AvgIpc) is 3.20. The molecule has 0 saturated heterocycles. The summed E-state index contributed by atoms with van der Waals surface area (Å²) in [6.45, 7) is 5.36. The molecule has 10 heteroatoms. The molecule has 0 unspecified atom stereocenters. The van der Waals surface area contributed by atoms with E-state index in [1.807, 2.05) is 30.3 Å². The number of aromatic nitrogens is 2. The number of hydrogen-bond donors (Lipinski definition) is 2. The molecular formula is C23H25ClN4O4S. The molecule has 8 nitrogen and oxygen atoms in total. The van der Waals surface area contributed by atoms with Gasteiger partial charge in [0.1, 0.15) is 11.6 Å². The third-order valence-corrected chi connectivity index (χ3v) is 5.18. The van der Waals surface area contributed by atoms with Gasteiger partial charge in [-0.15, -0.1) is 10.2 Å². The van der Waals surface area contributed by atoms with E-state index in [0.717, 1.165) is 17.3 Å². The van der Waals surface area contributed by atoms with Gasteiger partial charge in [-0.3, -0.25) is 4.79 Å². The molecular weight excluding hydrogens is 464 g/mol. The highest BCUT2D eigenvalue weighted by Gasteiger charge is 2.25. The van der Waals surface area contributed by atoms with Crippen LogP contribution in [0.15, 0.2) is 64.2 Å². The molecule has 0 saturated carbocycles. The van der Waals surface area contributed by atoms with Crippen molar-refractivity contribution in [1.82, 2.24) is 15.5 Å². The van der Waals surface area contributed by atoms with Crippen molar-refractivity contribution in [1.29, 1.82) is 0 Å². The van der Waals surface area contributed by atoms with Crippen LogP contribution in [0.1, 0.15) is 38.3 Å². The fraction of sp³-hybridized carbons (Fsp3) is 0.304. The third-order valence-electron chi connectivity index (χ3n) is 4.13. The molecule has 33 heavy (non-hydrogen) atoms. The molecule has 0 aliphatic rings. The number of benzene rings is 2. The largest absolute Gasteiger partial charge is 0.444 e. The number of halogens is 1. The quantitative estimate of drug-likeness (QED) is 0.416. The number of rotatable bonds is 8.